The van der Waals surface area contributed by atoms with Gasteiger partial charge in [-0.2, -0.15) is 0 Å². The van der Waals surface area contributed by atoms with E-state index in [9.17, 15) is 19.2 Å². The van der Waals surface area contributed by atoms with Gasteiger partial charge in [0.2, 0.25) is 11.8 Å². The molecule has 1 aromatic heterocycles. The molecule has 3 saturated heterocycles. The number of carbonyl (C=O) groups excluding carboxylic acids is 3. The van der Waals surface area contributed by atoms with E-state index in [1.54, 1.807) is 30.9 Å². The van der Waals surface area contributed by atoms with Crippen LogP contribution in [0.3, 0.4) is 0 Å². The molecule has 2 N–H and O–H groups in total. The molecule has 3 fully saturated rings. The fraction of sp³-hybridized carbons (Fsp3) is 0.487. The Hall–Kier alpha value is -4.42. The molecule has 1 unspecified atom stereocenters. The zero-order valence-electron chi connectivity index (χ0n) is 30.6. The number of imide groups is 1. The van der Waals surface area contributed by atoms with E-state index < -0.39 is 11.9 Å². The number of ether oxygens (including phenoxy) is 1. The van der Waals surface area contributed by atoms with Crippen LogP contribution in [-0.2, 0) is 23.2 Å². The summed E-state index contributed by atoms with van der Waals surface area (Å²) in [5.41, 5.74) is 5.46. The molecule has 4 heterocycles. The maximum atomic E-state index is 15.2. The van der Waals surface area contributed by atoms with E-state index in [4.69, 9.17) is 16.3 Å². The molecule has 1 atom stereocenters. The van der Waals surface area contributed by atoms with Crippen LogP contribution >= 0.6 is 11.6 Å². The van der Waals surface area contributed by atoms with Crippen LogP contribution in [0.15, 0.2) is 41.3 Å². The van der Waals surface area contributed by atoms with Crippen molar-refractivity contribution in [1.29, 1.82) is 0 Å². The Morgan fingerprint density at radius 2 is 1.73 bits per heavy atom. The second-order valence-corrected chi connectivity index (χ2v) is 14.8. The highest BCUT2D eigenvalue weighted by molar-refractivity contribution is 6.32. The number of aromatic nitrogens is 1. The number of piperidine rings is 3. The van der Waals surface area contributed by atoms with Crippen LogP contribution in [0.4, 0.5) is 14.9 Å². The summed E-state index contributed by atoms with van der Waals surface area (Å²) in [6.07, 6.45) is 5.45. The highest BCUT2D eigenvalue weighted by atomic mass is 35.5. The van der Waals surface area contributed by atoms with Crippen LogP contribution < -0.4 is 20.9 Å². The van der Waals surface area contributed by atoms with Gasteiger partial charge in [0, 0.05) is 92.9 Å². The molecule has 52 heavy (non-hydrogen) atoms. The molecule has 4 amide bonds. The monoisotopic (exact) mass is 734 g/mol. The van der Waals surface area contributed by atoms with Gasteiger partial charge in [0.1, 0.15) is 17.6 Å². The van der Waals surface area contributed by atoms with Crippen molar-refractivity contribution in [3.63, 3.8) is 0 Å². The first kappa shape index (κ1) is 37.3. The normalized spacial score (nSPS) is 19.1. The minimum absolute atomic E-state index is 0.00494. The van der Waals surface area contributed by atoms with E-state index in [2.05, 4.69) is 15.5 Å². The molecule has 278 valence electrons. The van der Waals surface area contributed by atoms with Crippen LogP contribution in [0.25, 0.3) is 11.1 Å². The van der Waals surface area contributed by atoms with Gasteiger partial charge >= 0.3 is 6.03 Å². The van der Waals surface area contributed by atoms with Gasteiger partial charge in [0.25, 0.3) is 5.56 Å². The van der Waals surface area contributed by atoms with Crippen LogP contribution in [0, 0.1) is 19.7 Å². The first-order valence-corrected chi connectivity index (χ1v) is 18.4. The van der Waals surface area contributed by atoms with Gasteiger partial charge in [-0.3, -0.25) is 24.6 Å². The Labute approximate surface area is 309 Å². The first-order chi connectivity index (χ1) is 24.8. The number of amides is 4. The second kappa shape index (κ2) is 15.7. The number of urea groups is 1. The van der Waals surface area contributed by atoms with E-state index >= 15 is 4.39 Å². The molecule has 3 aromatic rings. The number of hydrogen-bond donors (Lipinski definition) is 2. The Balaban J connectivity index is 1.00. The summed E-state index contributed by atoms with van der Waals surface area (Å²) < 4.78 is 22.6. The predicted octanol–water partition coefficient (Wildman–Crippen LogP) is 5.58. The lowest BCUT2D eigenvalue weighted by Gasteiger charge is -2.40. The fourth-order valence-corrected chi connectivity index (χ4v) is 8.07. The number of carbonyl (C=O) groups is 3. The maximum absolute atomic E-state index is 15.2. The van der Waals surface area contributed by atoms with Crippen molar-refractivity contribution < 1.29 is 23.5 Å². The number of aryl methyl sites for hydroxylation is 1. The Kier molecular flexibility index (Phi) is 11.3. The van der Waals surface area contributed by atoms with Crippen molar-refractivity contribution in [3.8, 4) is 16.9 Å². The van der Waals surface area contributed by atoms with Crippen molar-refractivity contribution in [1.82, 2.24) is 24.6 Å². The number of rotatable bonds is 8. The van der Waals surface area contributed by atoms with Crippen molar-refractivity contribution >= 4 is 35.1 Å². The summed E-state index contributed by atoms with van der Waals surface area (Å²) in [5, 5.41) is 5.96. The molecule has 0 radical (unpaired) electrons. The Morgan fingerprint density at radius 1 is 1.02 bits per heavy atom. The van der Waals surface area contributed by atoms with Gasteiger partial charge < -0.3 is 24.4 Å². The minimum atomic E-state index is -0.574. The molecule has 0 spiro atoms. The summed E-state index contributed by atoms with van der Waals surface area (Å²) in [4.78, 5) is 55.6. The van der Waals surface area contributed by atoms with E-state index in [-0.39, 0.29) is 41.7 Å². The number of methoxy groups -OCH3 is 1. The van der Waals surface area contributed by atoms with Crippen molar-refractivity contribution in [3.05, 3.63) is 80.0 Å². The van der Waals surface area contributed by atoms with Gasteiger partial charge in [0.15, 0.2) is 0 Å². The number of likely N-dealkylation sites (tertiary alicyclic amines) is 2. The van der Waals surface area contributed by atoms with Gasteiger partial charge in [-0.25, -0.2) is 9.18 Å². The highest BCUT2D eigenvalue weighted by Gasteiger charge is 2.32. The molecule has 13 heteroatoms. The lowest BCUT2D eigenvalue weighted by Crippen LogP contribution is -2.51. The van der Waals surface area contributed by atoms with E-state index in [1.807, 2.05) is 49.0 Å². The third kappa shape index (κ3) is 7.83. The molecule has 3 aliphatic rings. The standard InChI is InChI=1S/C39H48ClFN6O5/c1-23-24(2)38(50)44(3)21-30(23)26-18-32(40)31(35(19-26)52-5)22-46-14-12-28(13-15-46)45(4)39(51)47-16-10-25(11-17-47)29-7-6-27(20-33(29)41)42-34-8-9-36(48)43-37(34)49/h6-7,18-21,25,28,34,42H,8-17,22H2,1-5H3,(H,43,48,49). The quantitative estimate of drug-likeness (QED) is 0.291. The molecule has 2 aromatic carbocycles. The van der Waals surface area contributed by atoms with Gasteiger partial charge in [-0.1, -0.05) is 17.7 Å². The zero-order valence-corrected chi connectivity index (χ0v) is 31.3. The highest BCUT2D eigenvalue weighted by Crippen LogP contribution is 2.37. The molecule has 11 nitrogen and oxygen atoms in total. The SMILES string of the molecule is COc1cc(-c2cn(C)c(=O)c(C)c2C)cc(Cl)c1CN1CCC(N(C)C(=O)N2CCC(c3ccc(NC4CCC(=O)NC4=O)cc3F)CC2)CC1. The van der Waals surface area contributed by atoms with Crippen LogP contribution in [-0.4, -0.2) is 89.5 Å². The molecule has 0 aliphatic carbocycles. The summed E-state index contributed by atoms with van der Waals surface area (Å²) in [6, 6.07) is 8.42. The summed E-state index contributed by atoms with van der Waals surface area (Å²) in [5.74, 6) is -0.333. The fourth-order valence-electron chi connectivity index (χ4n) is 7.80. The van der Waals surface area contributed by atoms with Crippen LogP contribution in [0.2, 0.25) is 5.02 Å². The van der Waals surface area contributed by atoms with Crippen molar-refractivity contribution in [2.45, 2.75) is 76.9 Å². The lowest BCUT2D eigenvalue weighted by atomic mass is 9.89. The average Bonchev–Trinajstić information content (AvgIpc) is 3.14. The predicted molar refractivity (Wildman–Crippen MR) is 199 cm³/mol. The van der Waals surface area contributed by atoms with Crippen molar-refractivity contribution in [2.75, 3.05) is 45.7 Å². The molecular formula is C39H48ClFN6O5. The smallest absolute Gasteiger partial charge is 0.319 e. The summed E-state index contributed by atoms with van der Waals surface area (Å²) in [7, 11) is 5.27. The van der Waals surface area contributed by atoms with E-state index in [0.29, 0.717) is 66.5 Å². The van der Waals surface area contributed by atoms with Gasteiger partial charge in [-0.05, 0) is 92.8 Å². The zero-order chi connectivity index (χ0) is 37.3. The second-order valence-electron chi connectivity index (χ2n) is 14.4. The molecule has 0 bridgehead atoms. The number of halogens is 2. The van der Waals surface area contributed by atoms with E-state index in [0.717, 1.165) is 48.2 Å². The Bertz CT molecular complexity index is 1920. The third-order valence-electron chi connectivity index (χ3n) is 11.2. The summed E-state index contributed by atoms with van der Waals surface area (Å²) >= 11 is 6.88. The van der Waals surface area contributed by atoms with Crippen LogP contribution in [0.5, 0.6) is 5.75 Å². The number of benzene rings is 2. The van der Waals surface area contributed by atoms with Gasteiger partial charge in [-0.15, -0.1) is 0 Å². The number of pyridine rings is 1. The van der Waals surface area contributed by atoms with Crippen molar-refractivity contribution in [2.24, 2.45) is 7.05 Å². The maximum Gasteiger partial charge on any atom is 0.319 e. The lowest BCUT2D eigenvalue weighted by molar-refractivity contribution is -0.133. The van der Waals surface area contributed by atoms with Gasteiger partial charge in [0.05, 0.1) is 7.11 Å². The molecule has 0 saturated carbocycles. The largest absolute Gasteiger partial charge is 0.496 e. The van der Waals surface area contributed by atoms with Crippen LogP contribution in [0.1, 0.15) is 66.7 Å². The number of nitrogens with zero attached hydrogens (tertiary/aromatic N) is 4. The van der Waals surface area contributed by atoms with E-state index in [1.165, 1.54) is 6.07 Å². The average molecular weight is 735 g/mol. The third-order valence-corrected chi connectivity index (χ3v) is 11.5. The first-order valence-electron chi connectivity index (χ1n) is 18.0. The minimum Gasteiger partial charge on any atom is -0.496 e. The Morgan fingerprint density at radius 3 is 2.38 bits per heavy atom. The molecule has 6 rings (SSSR count). The molecule has 3 aliphatic heterocycles. The number of anilines is 1. The molecular weight excluding hydrogens is 687 g/mol. The number of nitrogens with one attached hydrogen (secondary N) is 2. The topological polar surface area (TPSA) is 116 Å². The number of hydrogen-bond acceptors (Lipinski definition) is 7. The summed E-state index contributed by atoms with van der Waals surface area (Å²) in [6.45, 7) is 7.11.